The van der Waals surface area contributed by atoms with Gasteiger partial charge in [-0.15, -0.1) is 0 Å². The van der Waals surface area contributed by atoms with Crippen molar-refractivity contribution in [2.75, 3.05) is 24.6 Å². The van der Waals surface area contributed by atoms with Crippen LogP contribution in [0.15, 0.2) is 22.8 Å². The van der Waals surface area contributed by atoms with Gasteiger partial charge in [0.25, 0.3) is 0 Å². The molecule has 1 fully saturated rings. The van der Waals surface area contributed by atoms with Gasteiger partial charge in [-0.3, -0.25) is 0 Å². The van der Waals surface area contributed by atoms with E-state index in [1.54, 1.807) is 6.26 Å². The highest BCUT2D eigenvalue weighted by Crippen LogP contribution is 2.34. The molecule has 98 valence electrons. The monoisotopic (exact) mass is 295 g/mol. The average Bonchev–Trinajstić information content (AvgIpc) is 3.08. The lowest BCUT2D eigenvalue weighted by molar-refractivity contribution is 0.0259. The third kappa shape index (κ3) is 2.32. The molecule has 3 rings (SSSR count). The smallest absolute Gasteiger partial charge is 0.162 e. The second-order valence-electron chi connectivity index (χ2n) is 4.09. The summed E-state index contributed by atoms with van der Waals surface area (Å²) in [5.74, 6) is 0.791. The van der Waals surface area contributed by atoms with Crippen LogP contribution in [0.4, 0.5) is 5.00 Å². The maximum Gasteiger partial charge on any atom is 0.162 e. The Kier molecular flexibility index (Phi) is 3.42. The molecule has 0 aromatic carbocycles. The van der Waals surface area contributed by atoms with E-state index in [0.717, 1.165) is 10.8 Å². The molecule has 1 aliphatic rings. The fraction of sp³-hybridized carbons (Fsp3) is 0.333. The first-order valence-corrected chi connectivity index (χ1v) is 6.90. The van der Waals surface area contributed by atoms with Gasteiger partial charge in [-0.2, -0.15) is 9.64 Å². The van der Waals surface area contributed by atoms with Crippen molar-refractivity contribution in [3.05, 3.63) is 34.9 Å². The van der Waals surface area contributed by atoms with Gasteiger partial charge in [-0.25, -0.2) is 0 Å². The van der Waals surface area contributed by atoms with Crippen molar-refractivity contribution in [2.45, 2.75) is 6.10 Å². The van der Waals surface area contributed by atoms with Crippen LogP contribution in [-0.2, 0) is 4.74 Å². The standard InChI is InChI=1S/C12H10ClN3O2S/c13-11-8(6-14)12(19-15-11)16-3-5-18-10(7-16)9-2-1-4-17-9/h1-2,4,10H,3,5,7H2. The number of hydrogen-bond acceptors (Lipinski definition) is 6. The molecule has 0 bridgehead atoms. The van der Waals surface area contributed by atoms with E-state index < -0.39 is 0 Å². The van der Waals surface area contributed by atoms with Crippen LogP contribution in [0.2, 0.25) is 5.15 Å². The van der Waals surface area contributed by atoms with Crippen molar-refractivity contribution < 1.29 is 9.15 Å². The Bertz CT molecular complexity index is 605. The van der Waals surface area contributed by atoms with E-state index in [-0.39, 0.29) is 11.3 Å². The Morgan fingerprint density at radius 1 is 1.58 bits per heavy atom. The molecule has 0 saturated carbocycles. The number of nitrogens with zero attached hydrogens (tertiary/aromatic N) is 3. The predicted molar refractivity (Wildman–Crippen MR) is 71.5 cm³/mol. The minimum Gasteiger partial charge on any atom is -0.467 e. The van der Waals surface area contributed by atoms with Crippen molar-refractivity contribution in [1.82, 2.24) is 4.37 Å². The molecule has 7 heteroatoms. The Morgan fingerprint density at radius 3 is 3.21 bits per heavy atom. The number of halogens is 1. The zero-order chi connectivity index (χ0) is 13.2. The van der Waals surface area contributed by atoms with Gasteiger partial charge in [0.15, 0.2) is 5.15 Å². The fourth-order valence-corrected chi connectivity index (χ4v) is 3.12. The van der Waals surface area contributed by atoms with Gasteiger partial charge >= 0.3 is 0 Å². The lowest BCUT2D eigenvalue weighted by atomic mass is 10.2. The van der Waals surface area contributed by atoms with Crippen molar-refractivity contribution >= 4 is 28.1 Å². The van der Waals surface area contributed by atoms with Crippen LogP contribution in [-0.4, -0.2) is 24.1 Å². The van der Waals surface area contributed by atoms with E-state index in [2.05, 4.69) is 15.3 Å². The largest absolute Gasteiger partial charge is 0.467 e. The van der Waals surface area contributed by atoms with Gasteiger partial charge in [0.2, 0.25) is 0 Å². The third-order valence-corrected chi connectivity index (χ3v) is 4.24. The summed E-state index contributed by atoms with van der Waals surface area (Å²) in [7, 11) is 0. The molecule has 0 N–H and O–H groups in total. The molecular weight excluding hydrogens is 286 g/mol. The molecule has 1 aliphatic heterocycles. The maximum atomic E-state index is 9.12. The lowest BCUT2D eigenvalue weighted by Crippen LogP contribution is -2.38. The summed E-state index contributed by atoms with van der Waals surface area (Å²) in [6.07, 6.45) is 1.50. The molecule has 0 aliphatic carbocycles. The van der Waals surface area contributed by atoms with Crippen molar-refractivity contribution in [3.63, 3.8) is 0 Å². The maximum absolute atomic E-state index is 9.12. The molecule has 2 aromatic rings. The highest BCUT2D eigenvalue weighted by atomic mass is 35.5. The summed E-state index contributed by atoms with van der Waals surface area (Å²) in [6, 6.07) is 5.82. The minimum atomic E-state index is -0.129. The Labute approximate surface area is 119 Å². The van der Waals surface area contributed by atoms with Crippen LogP contribution in [0, 0.1) is 11.3 Å². The number of anilines is 1. The van der Waals surface area contributed by atoms with E-state index in [0.29, 0.717) is 25.3 Å². The number of ether oxygens (including phenoxy) is 1. The summed E-state index contributed by atoms with van der Waals surface area (Å²) in [6.45, 7) is 1.91. The van der Waals surface area contributed by atoms with Crippen LogP contribution in [0.3, 0.4) is 0 Å². The summed E-state index contributed by atoms with van der Waals surface area (Å²) in [5.41, 5.74) is 0.437. The number of rotatable bonds is 2. The molecular formula is C12H10ClN3O2S. The van der Waals surface area contributed by atoms with Gasteiger partial charge in [0.1, 0.15) is 28.5 Å². The van der Waals surface area contributed by atoms with Crippen molar-refractivity contribution in [3.8, 4) is 6.07 Å². The molecule has 2 aromatic heterocycles. The van der Waals surface area contributed by atoms with E-state index in [1.165, 1.54) is 11.5 Å². The van der Waals surface area contributed by atoms with Gasteiger partial charge < -0.3 is 14.1 Å². The number of hydrogen-bond donors (Lipinski definition) is 0. The van der Waals surface area contributed by atoms with E-state index in [4.69, 9.17) is 26.0 Å². The quantitative estimate of drug-likeness (QED) is 0.852. The van der Waals surface area contributed by atoms with Crippen molar-refractivity contribution in [2.24, 2.45) is 0 Å². The number of nitriles is 1. The lowest BCUT2D eigenvalue weighted by Gasteiger charge is -2.32. The predicted octanol–water partition coefficient (Wildman–Crippen LogP) is 2.84. The Balaban J connectivity index is 1.84. The Morgan fingerprint density at radius 2 is 2.47 bits per heavy atom. The Hall–Kier alpha value is -1.55. The summed E-state index contributed by atoms with van der Waals surface area (Å²) >= 11 is 7.14. The topological polar surface area (TPSA) is 62.3 Å². The molecule has 1 saturated heterocycles. The first-order chi connectivity index (χ1) is 9.29. The number of aromatic nitrogens is 1. The average molecular weight is 296 g/mol. The summed E-state index contributed by atoms with van der Waals surface area (Å²) < 4.78 is 15.1. The van der Waals surface area contributed by atoms with Crippen LogP contribution < -0.4 is 4.90 Å². The van der Waals surface area contributed by atoms with Crippen LogP contribution in [0.25, 0.3) is 0 Å². The first-order valence-electron chi connectivity index (χ1n) is 5.75. The normalized spacial score (nSPS) is 19.4. The van der Waals surface area contributed by atoms with E-state index in [1.807, 2.05) is 12.1 Å². The van der Waals surface area contributed by atoms with E-state index in [9.17, 15) is 0 Å². The van der Waals surface area contributed by atoms with Crippen LogP contribution >= 0.6 is 23.1 Å². The summed E-state index contributed by atoms with van der Waals surface area (Å²) in [4.78, 5) is 2.07. The van der Waals surface area contributed by atoms with Crippen molar-refractivity contribution in [1.29, 1.82) is 5.26 Å². The molecule has 0 spiro atoms. The van der Waals surface area contributed by atoms with Crippen LogP contribution in [0.5, 0.6) is 0 Å². The summed E-state index contributed by atoms with van der Waals surface area (Å²) in [5, 5.41) is 10.2. The molecule has 0 radical (unpaired) electrons. The second kappa shape index (κ2) is 5.21. The molecule has 19 heavy (non-hydrogen) atoms. The molecule has 1 unspecified atom stereocenters. The van der Waals surface area contributed by atoms with Gasteiger partial charge in [0, 0.05) is 6.54 Å². The minimum absolute atomic E-state index is 0.129. The fourth-order valence-electron chi connectivity index (χ4n) is 2.05. The SMILES string of the molecule is N#Cc1c(Cl)nsc1N1CCOC(c2ccco2)C1. The number of morpholine rings is 1. The highest BCUT2D eigenvalue weighted by molar-refractivity contribution is 7.10. The van der Waals surface area contributed by atoms with Crippen LogP contribution in [0.1, 0.15) is 17.4 Å². The zero-order valence-corrected chi connectivity index (χ0v) is 11.4. The highest BCUT2D eigenvalue weighted by Gasteiger charge is 2.27. The second-order valence-corrected chi connectivity index (χ2v) is 5.20. The van der Waals surface area contributed by atoms with Gasteiger partial charge in [-0.1, -0.05) is 11.6 Å². The number of furan rings is 1. The molecule has 5 nitrogen and oxygen atoms in total. The van der Waals surface area contributed by atoms with Gasteiger partial charge in [0.05, 0.1) is 19.4 Å². The molecule has 0 amide bonds. The van der Waals surface area contributed by atoms with E-state index >= 15 is 0 Å². The zero-order valence-electron chi connectivity index (χ0n) is 9.88. The third-order valence-electron chi connectivity index (χ3n) is 2.96. The molecule has 3 heterocycles. The van der Waals surface area contributed by atoms with Gasteiger partial charge in [-0.05, 0) is 23.7 Å². The first kappa shape index (κ1) is 12.5. The molecule has 1 atom stereocenters.